The van der Waals surface area contributed by atoms with Crippen LogP contribution in [0.1, 0.15) is 39.5 Å². The van der Waals surface area contributed by atoms with Crippen molar-refractivity contribution in [2.24, 2.45) is 0 Å². The Morgan fingerprint density at radius 2 is 2.07 bits per heavy atom. The Morgan fingerprint density at radius 3 is 2.57 bits per heavy atom. The second-order valence-corrected chi connectivity index (χ2v) is 4.54. The Bertz CT molecular complexity index is 203. The second kappa shape index (κ2) is 4.89. The van der Waals surface area contributed by atoms with E-state index in [0.717, 1.165) is 19.3 Å². The first kappa shape index (κ1) is 11.7. The normalized spacial score (nSPS) is 30.6. The fourth-order valence-corrected chi connectivity index (χ4v) is 2.35. The maximum Gasteiger partial charge on any atom is 0.131 e. The molecule has 1 heterocycles. The van der Waals surface area contributed by atoms with Crippen LogP contribution < -0.4 is 0 Å². The van der Waals surface area contributed by atoms with E-state index in [1.165, 1.54) is 0 Å². The molecule has 0 radical (unpaired) electrons. The lowest BCUT2D eigenvalue weighted by molar-refractivity contribution is -0.118. The summed E-state index contributed by atoms with van der Waals surface area (Å²) in [6, 6.07) is 0.857. The number of aliphatic hydroxyl groups is 1. The molecular formula is C11H21NO2. The molecule has 1 aliphatic rings. The van der Waals surface area contributed by atoms with E-state index >= 15 is 0 Å². The smallest absolute Gasteiger partial charge is 0.131 e. The molecule has 3 heteroatoms. The van der Waals surface area contributed by atoms with Gasteiger partial charge in [0.1, 0.15) is 5.78 Å². The number of aliphatic hydroxyl groups excluding tert-OH is 1. The van der Waals surface area contributed by atoms with Crippen LogP contribution in [0.25, 0.3) is 0 Å². The van der Waals surface area contributed by atoms with Gasteiger partial charge >= 0.3 is 0 Å². The van der Waals surface area contributed by atoms with E-state index in [1.807, 2.05) is 6.92 Å². The van der Waals surface area contributed by atoms with Gasteiger partial charge in [-0.25, -0.2) is 0 Å². The highest BCUT2D eigenvalue weighted by atomic mass is 16.3. The molecule has 1 aliphatic heterocycles. The maximum absolute atomic E-state index is 11.0. The highest BCUT2D eigenvalue weighted by molar-refractivity contribution is 5.76. The van der Waals surface area contributed by atoms with Crippen molar-refractivity contribution in [1.29, 1.82) is 0 Å². The molecule has 1 fully saturated rings. The van der Waals surface area contributed by atoms with Gasteiger partial charge in [0, 0.05) is 18.5 Å². The Kier molecular flexibility index (Phi) is 4.08. The quantitative estimate of drug-likeness (QED) is 0.739. The third kappa shape index (κ3) is 3.07. The first-order valence-electron chi connectivity index (χ1n) is 5.40. The molecule has 0 aromatic carbocycles. The minimum absolute atomic E-state index is 0.237. The van der Waals surface area contributed by atoms with E-state index in [-0.39, 0.29) is 11.9 Å². The van der Waals surface area contributed by atoms with Crippen molar-refractivity contribution in [3.8, 4) is 0 Å². The SMILES string of the molecule is CC(=O)C[C@H]1CC[C@@H](C[C@H](C)O)N1C. The van der Waals surface area contributed by atoms with Crippen molar-refractivity contribution in [2.75, 3.05) is 7.05 Å². The molecule has 3 nitrogen and oxygen atoms in total. The standard InChI is InChI=1S/C11H21NO2/c1-8(13)6-10-4-5-11(12(10)3)7-9(2)14/h8,10-11,13H,4-7H2,1-3H3/t8-,10-,11+/m0/s1. The molecule has 14 heavy (non-hydrogen) atoms. The van der Waals surface area contributed by atoms with E-state index in [2.05, 4.69) is 11.9 Å². The molecule has 0 bridgehead atoms. The molecule has 82 valence electrons. The van der Waals surface area contributed by atoms with Gasteiger partial charge in [-0.15, -0.1) is 0 Å². The van der Waals surface area contributed by atoms with Gasteiger partial charge in [0.25, 0.3) is 0 Å². The number of rotatable bonds is 4. The number of Topliss-reactive ketones (excluding diaryl/α,β-unsaturated/α-hetero) is 1. The molecule has 0 spiro atoms. The first-order valence-corrected chi connectivity index (χ1v) is 5.40. The molecule has 0 unspecified atom stereocenters. The van der Waals surface area contributed by atoms with Gasteiger partial charge in [-0.1, -0.05) is 0 Å². The fourth-order valence-electron chi connectivity index (χ4n) is 2.35. The summed E-state index contributed by atoms with van der Waals surface area (Å²) in [6.45, 7) is 3.47. The van der Waals surface area contributed by atoms with Gasteiger partial charge in [-0.2, -0.15) is 0 Å². The molecule has 1 saturated heterocycles. The number of hydrogen-bond donors (Lipinski definition) is 1. The summed E-state index contributed by atoms with van der Waals surface area (Å²) in [7, 11) is 2.06. The van der Waals surface area contributed by atoms with Crippen molar-refractivity contribution in [3.63, 3.8) is 0 Å². The Labute approximate surface area is 86.1 Å². The highest BCUT2D eigenvalue weighted by Gasteiger charge is 2.31. The number of likely N-dealkylation sites (tertiary alicyclic amines) is 1. The maximum atomic E-state index is 11.0. The molecule has 1 rings (SSSR count). The predicted octanol–water partition coefficient (Wildman–Crippen LogP) is 1.20. The number of nitrogens with zero attached hydrogens (tertiary/aromatic N) is 1. The number of hydrogen-bond acceptors (Lipinski definition) is 3. The zero-order valence-corrected chi connectivity index (χ0v) is 9.36. The summed E-state index contributed by atoms with van der Waals surface area (Å²) >= 11 is 0. The van der Waals surface area contributed by atoms with Crippen molar-refractivity contribution >= 4 is 5.78 Å². The van der Waals surface area contributed by atoms with Gasteiger partial charge < -0.3 is 5.11 Å². The molecule has 0 aromatic heterocycles. The highest BCUT2D eigenvalue weighted by Crippen LogP contribution is 2.27. The monoisotopic (exact) mass is 199 g/mol. The number of ketones is 1. The van der Waals surface area contributed by atoms with Crippen molar-refractivity contribution in [1.82, 2.24) is 4.90 Å². The van der Waals surface area contributed by atoms with Crippen molar-refractivity contribution in [3.05, 3.63) is 0 Å². The lowest BCUT2D eigenvalue weighted by Crippen LogP contribution is -2.35. The van der Waals surface area contributed by atoms with E-state index < -0.39 is 0 Å². The molecule has 0 aromatic rings. The zero-order valence-electron chi connectivity index (χ0n) is 9.36. The zero-order chi connectivity index (χ0) is 10.7. The molecule has 1 N–H and O–H groups in total. The van der Waals surface area contributed by atoms with Crippen LogP contribution in [0.2, 0.25) is 0 Å². The van der Waals surface area contributed by atoms with Gasteiger partial charge in [-0.3, -0.25) is 9.69 Å². The van der Waals surface area contributed by atoms with Crippen LogP contribution in [0.4, 0.5) is 0 Å². The summed E-state index contributed by atoms with van der Waals surface area (Å²) < 4.78 is 0. The molecule has 0 amide bonds. The third-order valence-corrected chi connectivity index (χ3v) is 3.12. The minimum Gasteiger partial charge on any atom is -0.393 e. The molecule has 3 atom stereocenters. The van der Waals surface area contributed by atoms with Gasteiger partial charge in [0.2, 0.25) is 0 Å². The van der Waals surface area contributed by atoms with Crippen LogP contribution >= 0.6 is 0 Å². The second-order valence-electron chi connectivity index (χ2n) is 4.54. The van der Waals surface area contributed by atoms with Crippen molar-refractivity contribution < 1.29 is 9.90 Å². The third-order valence-electron chi connectivity index (χ3n) is 3.12. The average molecular weight is 199 g/mol. The van der Waals surface area contributed by atoms with Crippen LogP contribution in [-0.4, -0.2) is 41.0 Å². The minimum atomic E-state index is -0.237. The number of carbonyl (C=O) groups is 1. The van der Waals surface area contributed by atoms with Crippen LogP contribution in [0.5, 0.6) is 0 Å². The number of carbonyl (C=O) groups excluding carboxylic acids is 1. The van der Waals surface area contributed by atoms with E-state index in [9.17, 15) is 9.90 Å². The largest absolute Gasteiger partial charge is 0.393 e. The van der Waals surface area contributed by atoms with Crippen LogP contribution in [-0.2, 0) is 4.79 Å². The predicted molar refractivity (Wildman–Crippen MR) is 56.2 cm³/mol. The first-order chi connectivity index (χ1) is 6.50. The van der Waals surface area contributed by atoms with Crippen LogP contribution in [0, 0.1) is 0 Å². The lowest BCUT2D eigenvalue weighted by Gasteiger charge is -2.25. The molecule has 0 saturated carbocycles. The van der Waals surface area contributed by atoms with Crippen molar-refractivity contribution in [2.45, 2.75) is 57.7 Å². The molecular weight excluding hydrogens is 178 g/mol. The summed E-state index contributed by atoms with van der Waals surface area (Å²) in [5.41, 5.74) is 0. The fraction of sp³-hybridized carbons (Fsp3) is 0.909. The van der Waals surface area contributed by atoms with E-state index in [0.29, 0.717) is 18.5 Å². The summed E-state index contributed by atoms with van der Waals surface area (Å²) in [5, 5.41) is 9.31. The molecule has 0 aliphatic carbocycles. The average Bonchev–Trinajstić information content (AvgIpc) is 2.34. The Balaban J connectivity index is 2.42. The van der Waals surface area contributed by atoms with E-state index in [4.69, 9.17) is 0 Å². The topological polar surface area (TPSA) is 40.5 Å². The Hall–Kier alpha value is -0.410. The summed E-state index contributed by atoms with van der Waals surface area (Å²) in [5.74, 6) is 0.263. The summed E-state index contributed by atoms with van der Waals surface area (Å²) in [4.78, 5) is 13.3. The van der Waals surface area contributed by atoms with Crippen LogP contribution in [0.15, 0.2) is 0 Å². The van der Waals surface area contributed by atoms with Gasteiger partial charge in [0.15, 0.2) is 0 Å². The lowest BCUT2D eigenvalue weighted by atomic mass is 10.1. The van der Waals surface area contributed by atoms with Crippen LogP contribution in [0.3, 0.4) is 0 Å². The van der Waals surface area contributed by atoms with Gasteiger partial charge in [0.05, 0.1) is 6.10 Å². The van der Waals surface area contributed by atoms with Gasteiger partial charge in [-0.05, 0) is 40.2 Å². The van der Waals surface area contributed by atoms with E-state index in [1.54, 1.807) is 6.92 Å². The summed E-state index contributed by atoms with van der Waals surface area (Å²) in [6.07, 6.45) is 3.45. The Morgan fingerprint density at radius 1 is 1.50 bits per heavy atom.